The van der Waals surface area contributed by atoms with Crippen LogP contribution < -0.4 is 9.47 Å². The Kier molecular flexibility index (Phi) is 5.40. The largest absolute Gasteiger partial charge is 0.497 e. The predicted molar refractivity (Wildman–Crippen MR) is 90.6 cm³/mol. The van der Waals surface area contributed by atoms with Gasteiger partial charge in [-0.15, -0.1) is 0 Å². The van der Waals surface area contributed by atoms with Gasteiger partial charge in [-0.1, -0.05) is 6.07 Å². The number of hydrogen-bond donors (Lipinski definition) is 0. The lowest BCUT2D eigenvalue weighted by atomic mass is 10.2. The number of benzene rings is 2. The molecule has 0 atom stereocenters. The molecule has 2 aromatic rings. The third kappa shape index (κ3) is 3.96. The van der Waals surface area contributed by atoms with Gasteiger partial charge in [-0.05, 0) is 65.4 Å². The quantitative estimate of drug-likeness (QED) is 0.566. The van der Waals surface area contributed by atoms with Gasteiger partial charge in [-0.25, -0.2) is 0 Å². The highest BCUT2D eigenvalue weighted by Gasteiger charge is 2.00. The van der Waals surface area contributed by atoms with Crippen LogP contribution in [0, 0.1) is 3.57 Å². The molecular weight excluding hydrogens is 365 g/mol. The van der Waals surface area contributed by atoms with E-state index < -0.39 is 0 Å². The van der Waals surface area contributed by atoms with E-state index in [-0.39, 0.29) is 0 Å². The van der Waals surface area contributed by atoms with Crippen LogP contribution in [0.2, 0.25) is 0 Å². The fraction of sp³-hybridized carbons (Fsp3) is 0.188. The Balaban J connectivity index is 2.16. The first kappa shape index (κ1) is 14.8. The van der Waals surface area contributed by atoms with Crippen molar-refractivity contribution >= 4 is 34.5 Å². The van der Waals surface area contributed by atoms with Gasteiger partial charge in [0.05, 0.1) is 23.0 Å². The van der Waals surface area contributed by atoms with Crippen molar-refractivity contribution in [3.05, 3.63) is 51.6 Å². The first-order valence-electron chi connectivity index (χ1n) is 6.33. The van der Waals surface area contributed by atoms with Crippen molar-refractivity contribution in [3.8, 4) is 11.5 Å². The topological polar surface area (TPSA) is 30.8 Å². The molecule has 4 heteroatoms. The van der Waals surface area contributed by atoms with Gasteiger partial charge in [0.1, 0.15) is 11.5 Å². The number of ether oxygens (including phenoxy) is 2. The van der Waals surface area contributed by atoms with E-state index in [0.717, 1.165) is 26.3 Å². The molecule has 0 saturated heterocycles. The molecule has 0 aliphatic rings. The predicted octanol–water partition coefficient (Wildman–Crippen LogP) is 4.45. The molecule has 3 nitrogen and oxygen atoms in total. The van der Waals surface area contributed by atoms with Gasteiger partial charge in [0.2, 0.25) is 0 Å². The van der Waals surface area contributed by atoms with Gasteiger partial charge in [0.25, 0.3) is 0 Å². The van der Waals surface area contributed by atoms with Crippen molar-refractivity contribution in [3.63, 3.8) is 0 Å². The van der Waals surface area contributed by atoms with Crippen molar-refractivity contribution < 1.29 is 9.47 Å². The standard InChI is InChI=1S/C16H16INO2/c1-3-20-16-8-7-12(9-15(16)17)11-18-13-5-4-6-14(10-13)19-2/h4-11H,3H2,1-2H3. The van der Waals surface area contributed by atoms with Crippen LogP contribution in [0.4, 0.5) is 5.69 Å². The third-order valence-electron chi connectivity index (χ3n) is 2.67. The number of rotatable bonds is 5. The monoisotopic (exact) mass is 381 g/mol. The number of nitrogens with zero attached hydrogens (tertiary/aromatic N) is 1. The maximum absolute atomic E-state index is 5.52. The zero-order valence-corrected chi connectivity index (χ0v) is 13.6. The summed E-state index contributed by atoms with van der Waals surface area (Å²) >= 11 is 2.27. The van der Waals surface area contributed by atoms with Crippen molar-refractivity contribution in [2.24, 2.45) is 4.99 Å². The van der Waals surface area contributed by atoms with E-state index in [1.54, 1.807) is 7.11 Å². The highest BCUT2D eigenvalue weighted by atomic mass is 127. The SMILES string of the molecule is CCOc1ccc(C=Nc2cccc(OC)c2)cc1I. The number of methoxy groups -OCH3 is 1. The number of aliphatic imine (C=N–C) groups is 1. The van der Waals surface area contributed by atoms with E-state index >= 15 is 0 Å². The Morgan fingerprint density at radius 3 is 2.75 bits per heavy atom. The normalized spacial score (nSPS) is 10.8. The average molecular weight is 381 g/mol. The van der Waals surface area contributed by atoms with Crippen molar-refractivity contribution in [1.29, 1.82) is 0 Å². The Hall–Kier alpha value is -1.56. The van der Waals surface area contributed by atoms with Crippen LogP contribution in [0.1, 0.15) is 12.5 Å². The van der Waals surface area contributed by atoms with Gasteiger partial charge in [0, 0.05) is 12.3 Å². The van der Waals surface area contributed by atoms with Crippen LogP contribution >= 0.6 is 22.6 Å². The van der Waals surface area contributed by atoms with Crippen molar-refractivity contribution in [1.82, 2.24) is 0 Å². The zero-order valence-electron chi connectivity index (χ0n) is 11.5. The number of halogens is 1. The molecule has 0 aliphatic heterocycles. The molecule has 0 aromatic heterocycles. The summed E-state index contributed by atoms with van der Waals surface area (Å²) in [5.74, 6) is 1.72. The summed E-state index contributed by atoms with van der Waals surface area (Å²) in [6.07, 6.45) is 1.84. The molecule has 0 N–H and O–H groups in total. The van der Waals surface area contributed by atoms with Crippen LogP contribution in [-0.2, 0) is 0 Å². The molecule has 0 heterocycles. The molecule has 20 heavy (non-hydrogen) atoms. The minimum absolute atomic E-state index is 0.674. The lowest BCUT2D eigenvalue weighted by Gasteiger charge is -2.06. The molecule has 0 aliphatic carbocycles. The lowest BCUT2D eigenvalue weighted by Crippen LogP contribution is -1.94. The van der Waals surface area contributed by atoms with Gasteiger partial charge in [-0.3, -0.25) is 4.99 Å². The molecule has 0 radical (unpaired) electrons. The molecular formula is C16H16INO2. The van der Waals surface area contributed by atoms with Gasteiger partial charge in [-0.2, -0.15) is 0 Å². The van der Waals surface area contributed by atoms with E-state index in [1.165, 1.54) is 0 Å². The average Bonchev–Trinajstić information content (AvgIpc) is 2.48. The number of hydrogen-bond acceptors (Lipinski definition) is 3. The Morgan fingerprint density at radius 1 is 1.20 bits per heavy atom. The lowest BCUT2D eigenvalue weighted by molar-refractivity contribution is 0.338. The Labute approximate surface area is 132 Å². The maximum Gasteiger partial charge on any atom is 0.132 e. The Bertz CT molecular complexity index is 611. The van der Waals surface area contributed by atoms with Gasteiger partial charge >= 0.3 is 0 Å². The second-order valence-corrected chi connectivity index (χ2v) is 5.24. The fourth-order valence-corrected chi connectivity index (χ4v) is 2.40. The third-order valence-corrected chi connectivity index (χ3v) is 3.51. The minimum Gasteiger partial charge on any atom is -0.497 e. The van der Waals surface area contributed by atoms with Crippen LogP contribution in [-0.4, -0.2) is 19.9 Å². The summed E-state index contributed by atoms with van der Waals surface area (Å²) < 4.78 is 11.8. The van der Waals surface area contributed by atoms with Crippen LogP contribution in [0.25, 0.3) is 0 Å². The molecule has 0 bridgehead atoms. The summed E-state index contributed by atoms with van der Waals surface area (Å²) in [6.45, 7) is 2.65. The molecule has 0 spiro atoms. The summed E-state index contributed by atoms with van der Waals surface area (Å²) in [4.78, 5) is 4.45. The highest BCUT2D eigenvalue weighted by Crippen LogP contribution is 2.23. The summed E-state index contributed by atoms with van der Waals surface area (Å²) in [5, 5.41) is 0. The van der Waals surface area contributed by atoms with Gasteiger partial charge in [0.15, 0.2) is 0 Å². The molecule has 0 amide bonds. The first-order chi connectivity index (χ1) is 9.72. The Morgan fingerprint density at radius 2 is 2.05 bits per heavy atom. The van der Waals surface area contributed by atoms with E-state index in [4.69, 9.17) is 9.47 Å². The summed E-state index contributed by atoms with van der Waals surface area (Å²) in [6, 6.07) is 13.7. The molecule has 0 fully saturated rings. The zero-order chi connectivity index (χ0) is 14.4. The van der Waals surface area contributed by atoms with E-state index in [0.29, 0.717) is 6.61 Å². The fourth-order valence-electron chi connectivity index (χ4n) is 1.71. The van der Waals surface area contributed by atoms with Crippen LogP contribution in [0.15, 0.2) is 47.5 Å². The minimum atomic E-state index is 0.674. The molecule has 0 saturated carbocycles. The molecule has 2 rings (SSSR count). The van der Waals surface area contributed by atoms with Crippen molar-refractivity contribution in [2.75, 3.05) is 13.7 Å². The van der Waals surface area contributed by atoms with Gasteiger partial charge < -0.3 is 9.47 Å². The summed E-state index contributed by atoms with van der Waals surface area (Å²) in [7, 11) is 1.65. The molecule has 0 unspecified atom stereocenters. The van der Waals surface area contributed by atoms with E-state index in [2.05, 4.69) is 33.6 Å². The smallest absolute Gasteiger partial charge is 0.132 e. The first-order valence-corrected chi connectivity index (χ1v) is 7.41. The van der Waals surface area contributed by atoms with Crippen LogP contribution in [0.3, 0.4) is 0 Å². The van der Waals surface area contributed by atoms with Crippen molar-refractivity contribution in [2.45, 2.75) is 6.92 Å². The van der Waals surface area contributed by atoms with Crippen LogP contribution in [0.5, 0.6) is 11.5 Å². The highest BCUT2D eigenvalue weighted by molar-refractivity contribution is 14.1. The molecule has 104 valence electrons. The second kappa shape index (κ2) is 7.28. The summed E-state index contributed by atoms with van der Waals surface area (Å²) in [5.41, 5.74) is 1.91. The second-order valence-electron chi connectivity index (χ2n) is 4.08. The van der Waals surface area contributed by atoms with E-state index in [9.17, 15) is 0 Å². The maximum atomic E-state index is 5.52. The van der Waals surface area contributed by atoms with E-state index in [1.807, 2.05) is 49.5 Å². The molecule has 2 aromatic carbocycles.